The van der Waals surface area contributed by atoms with Crippen molar-refractivity contribution in [1.29, 1.82) is 0 Å². The lowest BCUT2D eigenvalue weighted by molar-refractivity contribution is 0.0954. The van der Waals surface area contributed by atoms with Crippen LogP contribution in [0.4, 0.5) is 0 Å². The predicted molar refractivity (Wildman–Crippen MR) is 85.4 cm³/mol. The van der Waals surface area contributed by atoms with Gasteiger partial charge in [-0.05, 0) is 25.0 Å². The smallest absolute Gasteiger partial charge is 0.252 e. The van der Waals surface area contributed by atoms with E-state index in [9.17, 15) is 4.79 Å². The fourth-order valence-corrected chi connectivity index (χ4v) is 1.53. The van der Waals surface area contributed by atoms with Crippen LogP contribution < -0.4 is 16.0 Å². The third-order valence-corrected chi connectivity index (χ3v) is 3.21. The summed E-state index contributed by atoms with van der Waals surface area (Å²) in [5.74, 6) is 1.14. The van der Waals surface area contributed by atoms with Gasteiger partial charge in [-0.15, -0.1) is 0 Å². The molecule has 1 aromatic rings. The Bertz CT molecular complexity index is 458. The molecule has 1 amide bonds. The molecule has 0 bridgehead atoms. The Labute approximate surface area is 126 Å². The van der Waals surface area contributed by atoms with Gasteiger partial charge in [0, 0.05) is 38.6 Å². The first kappa shape index (κ1) is 16.9. The van der Waals surface area contributed by atoms with Gasteiger partial charge in [0.1, 0.15) is 0 Å². The van der Waals surface area contributed by atoms with E-state index in [2.05, 4.69) is 46.7 Å². The second kappa shape index (κ2) is 8.94. The quantitative estimate of drug-likeness (QED) is 0.415. The van der Waals surface area contributed by atoms with Crippen LogP contribution in [0.25, 0.3) is 0 Å². The van der Waals surface area contributed by atoms with Gasteiger partial charge in [-0.1, -0.05) is 13.8 Å². The van der Waals surface area contributed by atoms with E-state index >= 15 is 0 Å². The van der Waals surface area contributed by atoms with Crippen molar-refractivity contribution in [2.24, 2.45) is 10.9 Å². The molecular weight excluding hydrogens is 266 g/mol. The number of guanidine groups is 1. The zero-order valence-electron chi connectivity index (χ0n) is 13.2. The largest absolute Gasteiger partial charge is 0.355 e. The molecule has 6 nitrogen and oxygen atoms in total. The summed E-state index contributed by atoms with van der Waals surface area (Å²) in [4.78, 5) is 19.9. The van der Waals surface area contributed by atoms with Crippen LogP contribution in [-0.2, 0) is 0 Å². The fraction of sp³-hybridized carbons (Fsp3) is 0.533. The molecule has 1 rings (SSSR count). The number of hydrogen-bond acceptors (Lipinski definition) is 3. The Hall–Kier alpha value is -2.11. The average molecular weight is 291 g/mol. The average Bonchev–Trinajstić information content (AvgIpc) is 2.50. The highest BCUT2D eigenvalue weighted by atomic mass is 16.1. The maximum Gasteiger partial charge on any atom is 0.252 e. The second-order valence-corrected chi connectivity index (χ2v) is 5.17. The highest BCUT2D eigenvalue weighted by Gasteiger charge is 2.08. The van der Waals surface area contributed by atoms with Gasteiger partial charge in [-0.2, -0.15) is 0 Å². The van der Waals surface area contributed by atoms with Crippen LogP contribution in [0.15, 0.2) is 29.5 Å². The summed E-state index contributed by atoms with van der Waals surface area (Å²) < 4.78 is 0. The molecule has 116 valence electrons. The number of rotatable bonds is 6. The number of carbonyl (C=O) groups excluding carboxylic acids is 1. The number of nitrogens with one attached hydrogen (secondary N) is 3. The van der Waals surface area contributed by atoms with Crippen molar-refractivity contribution in [3.8, 4) is 0 Å². The van der Waals surface area contributed by atoms with E-state index in [1.807, 2.05) is 0 Å². The monoisotopic (exact) mass is 291 g/mol. The lowest BCUT2D eigenvalue weighted by atomic mass is 10.1. The van der Waals surface area contributed by atoms with Crippen molar-refractivity contribution in [2.75, 3.05) is 20.1 Å². The maximum absolute atomic E-state index is 11.8. The van der Waals surface area contributed by atoms with Crippen LogP contribution in [-0.4, -0.2) is 43.0 Å². The number of aromatic nitrogens is 1. The fourth-order valence-electron chi connectivity index (χ4n) is 1.53. The Balaban J connectivity index is 2.28. The SMILES string of the molecule is CN=C(NCCNC(=O)c1cccnc1)NC(C)C(C)C. The number of carbonyl (C=O) groups is 1. The second-order valence-electron chi connectivity index (χ2n) is 5.17. The minimum Gasteiger partial charge on any atom is -0.355 e. The van der Waals surface area contributed by atoms with Crippen LogP contribution in [0.3, 0.4) is 0 Å². The zero-order chi connectivity index (χ0) is 15.7. The summed E-state index contributed by atoms with van der Waals surface area (Å²) in [7, 11) is 1.73. The molecule has 0 spiro atoms. The summed E-state index contributed by atoms with van der Waals surface area (Å²) in [5.41, 5.74) is 0.563. The van der Waals surface area contributed by atoms with Crippen LogP contribution in [0.5, 0.6) is 0 Å². The summed E-state index contributed by atoms with van der Waals surface area (Å²) in [6, 6.07) is 3.81. The number of nitrogens with zero attached hydrogens (tertiary/aromatic N) is 2. The highest BCUT2D eigenvalue weighted by Crippen LogP contribution is 1.98. The minimum atomic E-state index is -0.122. The highest BCUT2D eigenvalue weighted by molar-refractivity contribution is 5.93. The molecule has 0 saturated heterocycles. The van der Waals surface area contributed by atoms with Crippen LogP contribution in [0, 0.1) is 5.92 Å². The van der Waals surface area contributed by atoms with Crippen molar-refractivity contribution in [2.45, 2.75) is 26.8 Å². The normalized spacial score (nSPS) is 12.9. The van der Waals surface area contributed by atoms with E-state index in [1.54, 1.807) is 31.6 Å². The van der Waals surface area contributed by atoms with E-state index in [0.29, 0.717) is 30.6 Å². The summed E-state index contributed by atoms with van der Waals surface area (Å²) in [6.07, 6.45) is 3.19. The van der Waals surface area contributed by atoms with E-state index in [1.165, 1.54) is 0 Å². The lowest BCUT2D eigenvalue weighted by Gasteiger charge is -2.20. The molecule has 0 fully saturated rings. The van der Waals surface area contributed by atoms with Crippen LogP contribution in [0.2, 0.25) is 0 Å². The number of hydrogen-bond donors (Lipinski definition) is 3. The standard InChI is InChI=1S/C15H25N5O/c1-11(2)12(3)20-15(16-4)19-9-8-18-14(21)13-6-5-7-17-10-13/h5-7,10-12H,8-9H2,1-4H3,(H,18,21)(H2,16,19,20). The molecule has 21 heavy (non-hydrogen) atoms. The predicted octanol–water partition coefficient (Wildman–Crippen LogP) is 1.02. The Morgan fingerprint density at radius 2 is 2.00 bits per heavy atom. The van der Waals surface area contributed by atoms with Crippen molar-refractivity contribution >= 4 is 11.9 Å². The van der Waals surface area contributed by atoms with Gasteiger partial charge in [-0.25, -0.2) is 0 Å². The molecule has 1 unspecified atom stereocenters. The minimum absolute atomic E-state index is 0.122. The van der Waals surface area contributed by atoms with Gasteiger partial charge in [0.2, 0.25) is 0 Å². The van der Waals surface area contributed by atoms with Gasteiger partial charge in [-0.3, -0.25) is 14.8 Å². The first-order chi connectivity index (χ1) is 10.0. The van der Waals surface area contributed by atoms with Gasteiger partial charge in [0.15, 0.2) is 5.96 Å². The number of amides is 1. The van der Waals surface area contributed by atoms with Crippen molar-refractivity contribution in [1.82, 2.24) is 20.9 Å². The Kier molecular flexibility index (Phi) is 7.21. The Morgan fingerprint density at radius 3 is 2.57 bits per heavy atom. The molecule has 1 aromatic heterocycles. The molecular formula is C15H25N5O. The van der Waals surface area contributed by atoms with Crippen LogP contribution >= 0.6 is 0 Å². The molecule has 1 atom stereocenters. The summed E-state index contributed by atoms with van der Waals surface area (Å²) in [6.45, 7) is 7.54. The summed E-state index contributed by atoms with van der Waals surface area (Å²) >= 11 is 0. The number of aliphatic imine (C=N–C) groups is 1. The summed E-state index contributed by atoms with van der Waals surface area (Å²) in [5, 5.41) is 9.30. The van der Waals surface area contributed by atoms with E-state index in [-0.39, 0.29) is 5.91 Å². The molecule has 0 aliphatic heterocycles. The van der Waals surface area contributed by atoms with Gasteiger partial charge >= 0.3 is 0 Å². The molecule has 1 heterocycles. The van der Waals surface area contributed by atoms with Crippen molar-refractivity contribution in [3.05, 3.63) is 30.1 Å². The first-order valence-corrected chi connectivity index (χ1v) is 7.20. The van der Waals surface area contributed by atoms with E-state index in [0.717, 1.165) is 5.96 Å². The third-order valence-electron chi connectivity index (χ3n) is 3.21. The van der Waals surface area contributed by atoms with Crippen molar-refractivity contribution in [3.63, 3.8) is 0 Å². The number of pyridine rings is 1. The van der Waals surface area contributed by atoms with Crippen molar-refractivity contribution < 1.29 is 4.79 Å². The molecule has 0 aliphatic carbocycles. The Morgan fingerprint density at radius 1 is 1.29 bits per heavy atom. The van der Waals surface area contributed by atoms with Gasteiger partial charge in [0.05, 0.1) is 5.56 Å². The molecule has 6 heteroatoms. The molecule has 0 radical (unpaired) electrons. The van der Waals surface area contributed by atoms with Gasteiger partial charge < -0.3 is 16.0 Å². The third kappa shape index (κ3) is 6.25. The molecule has 0 aliphatic rings. The van der Waals surface area contributed by atoms with Gasteiger partial charge in [0.25, 0.3) is 5.91 Å². The van der Waals surface area contributed by atoms with Crippen LogP contribution in [0.1, 0.15) is 31.1 Å². The molecule has 0 aromatic carbocycles. The molecule has 0 saturated carbocycles. The van der Waals surface area contributed by atoms with E-state index < -0.39 is 0 Å². The molecule has 3 N–H and O–H groups in total. The lowest BCUT2D eigenvalue weighted by Crippen LogP contribution is -2.46. The topological polar surface area (TPSA) is 78.4 Å². The zero-order valence-corrected chi connectivity index (χ0v) is 13.2. The maximum atomic E-state index is 11.8. The first-order valence-electron chi connectivity index (χ1n) is 7.20. The van der Waals surface area contributed by atoms with E-state index in [4.69, 9.17) is 0 Å².